The molecular weight excluding hydrogens is 382 g/mol. The third kappa shape index (κ3) is 4.52. The lowest BCUT2D eigenvalue weighted by Gasteiger charge is -2.29. The Morgan fingerprint density at radius 3 is 2.43 bits per heavy atom. The van der Waals surface area contributed by atoms with Crippen LogP contribution in [0.3, 0.4) is 0 Å². The summed E-state index contributed by atoms with van der Waals surface area (Å²) in [4.78, 5) is 41.6. The van der Waals surface area contributed by atoms with Crippen molar-refractivity contribution < 1.29 is 14.4 Å². The van der Waals surface area contributed by atoms with Crippen molar-refractivity contribution in [3.63, 3.8) is 0 Å². The molecule has 1 saturated carbocycles. The molecule has 1 aromatic rings. The fourth-order valence-electron chi connectivity index (χ4n) is 4.97. The quantitative estimate of drug-likeness (QED) is 0.794. The first-order valence-corrected chi connectivity index (χ1v) is 11.4. The second-order valence-corrected chi connectivity index (χ2v) is 8.86. The largest absolute Gasteiger partial charge is 0.353 e. The molecule has 0 radical (unpaired) electrons. The van der Waals surface area contributed by atoms with Crippen LogP contribution in [0.15, 0.2) is 0 Å². The maximum atomic E-state index is 13.0. The van der Waals surface area contributed by atoms with E-state index in [2.05, 4.69) is 10.4 Å². The second kappa shape index (κ2) is 9.18. The number of nitrogens with zero attached hydrogens (tertiary/aromatic N) is 4. The van der Waals surface area contributed by atoms with Crippen molar-refractivity contribution in [2.45, 2.75) is 76.8 Å². The van der Waals surface area contributed by atoms with Gasteiger partial charge in [-0.1, -0.05) is 12.8 Å². The summed E-state index contributed by atoms with van der Waals surface area (Å²) in [5.41, 5.74) is 2.41. The summed E-state index contributed by atoms with van der Waals surface area (Å²) in [6, 6.07) is 0.281. The molecule has 3 heterocycles. The Bertz CT molecular complexity index is 806. The molecule has 0 aromatic carbocycles. The van der Waals surface area contributed by atoms with E-state index in [1.54, 1.807) is 9.58 Å². The highest BCUT2D eigenvalue weighted by Crippen LogP contribution is 2.25. The number of amides is 3. The van der Waals surface area contributed by atoms with Crippen LogP contribution in [0.5, 0.6) is 0 Å². The second-order valence-electron chi connectivity index (χ2n) is 8.86. The average molecular weight is 416 g/mol. The molecule has 4 rings (SSSR count). The van der Waals surface area contributed by atoms with Crippen LogP contribution in [0, 0.1) is 0 Å². The Balaban J connectivity index is 1.36. The number of hydrogen-bond acceptors (Lipinski definition) is 4. The van der Waals surface area contributed by atoms with Gasteiger partial charge in [-0.05, 0) is 32.1 Å². The molecule has 1 N–H and O–H groups in total. The minimum atomic E-state index is -0.0321. The predicted octanol–water partition coefficient (Wildman–Crippen LogP) is 1.77. The Morgan fingerprint density at radius 2 is 1.70 bits per heavy atom. The summed E-state index contributed by atoms with van der Waals surface area (Å²) in [7, 11) is 1.87. The summed E-state index contributed by atoms with van der Waals surface area (Å²) in [5, 5.41) is 7.56. The third-order valence-corrected chi connectivity index (χ3v) is 6.73. The molecule has 1 aliphatic carbocycles. The van der Waals surface area contributed by atoms with E-state index >= 15 is 0 Å². The summed E-state index contributed by atoms with van der Waals surface area (Å²) in [6.45, 7) is 2.57. The lowest BCUT2D eigenvalue weighted by Crippen LogP contribution is -2.39. The zero-order valence-corrected chi connectivity index (χ0v) is 18.0. The number of aromatic nitrogens is 2. The molecular formula is C22H33N5O3. The van der Waals surface area contributed by atoms with Gasteiger partial charge in [0.15, 0.2) is 5.69 Å². The molecule has 0 spiro atoms. The van der Waals surface area contributed by atoms with Gasteiger partial charge in [0.05, 0.1) is 0 Å². The summed E-state index contributed by atoms with van der Waals surface area (Å²) >= 11 is 0. The number of likely N-dealkylation sites (tertiary alicyclic amines) is 1. The lowest BCUT2D eigenvalue weighted by molar-refractivity contribution is -0.134. The van der Waals surface area contributed by atoms with Crippen LogP contribution < -0.4 is 5.32 Å². The lowest BCUT2D eigenvalue weighted by atomic mass is 10.0. The van der Waals surface area contributed by atoms with E-state index in [-0.39, 0.29) is 36.6 Å². The zero-order valence-electron chi connectivity index (χ0n) is 18.0. The SMILES string of the molecule is Cn1nc(C(=O)N2CCCCC2)c2c1CCN(C(=O)CCC(=O)NC1CCCC1)C2. The molecule has 164 valence electrons. The Kier molecular flexibility index (Phi) is 6.39. The number of piperidine rings is 1. The molecule has 0 bridgehead atoms. The van der Waals surface area contributed by atoms with E-state index in [1.165, 1.54) is 19.3 Å². The number of aryl methyl sites for hydroxylation is 1. The topological polar surface area (TPSA) is 87.5 Å². The maximum Gasteiger partial charge on any atom is 0.274 e. The van der Waals surface area contributed by atoms with Gasteiger partial charge in [0, 0.05) is 69.8 Å². The summed E-state index contributed by atoms with van der Waals surface area (Å²) in [5.74, 6) is -0.0745. The van der Waals surface area contributed by atoms with Crippen molar-refractivity contribution in [1.29, 1.82) is 0 Å². The predicted molar refractivity (Wildman–Crippen MR) is 112 cm³/mol. The molecule has 0 atom stereocenters. The highest BCUT2D eigenvalue weighted by atomic mass is 16.2. The van der Waals surface area contributed by atoms with Gasteiger partial charge in [-0.3, -0.25) is 19.1 Å². The number of fused-ring (bicyclic) bond motifs is 1. The van der Waals surface area contributed by atoms with Crippen LogP contribution in [0.2, 0.25) is 0 Å². The first-order valence-electron chi connectivity index (χ1n) is 11.4. The van der Waals surface area contributed by atoms with E-state index in [9.17, 15) is 14.4 Å². The molecule has 1 aromatic heterocycles. The van der Waals surface area contributed by atoms with Crippen molar-refractivity contribution in [2.24, 2.45) is 7.05 Å². The van der Waals surface area contributed by atoms with E-state index in [1.807, 2.05) is 11.9 Å². The minimum Gasteiger partial charge on any atom is -0.353 e. The van der Waals surface area contributed by atoms with Crippen molar-refractivity contribution in [3.05, 3.63) is 17.0 Å². The van der Waals surface area contributed by atoms with Gasteiger partial charge >= 0.3 is 0 Å². The maximum absolute atomic E-state index is 13.0. The van der Waals surface area contributed by atoms with Crippen LogP contribution in [-0.4, -0.2) is 63.0 Å². The number of carbonyl (C=O) groups excluding carboxylic acids is 3. The van der Waals surface area contributed by atoms with Crippen molar-refractivity contribution in [3.8, 4) is 0 Å². The van der Waals surface area contributed by atoms with Crippen LogP contribution in [-0.2, 0) is 29.6 Å². The van der Waals surface area contributed by atoms with Gasteiger partial charge in [-0.2, -0.15) is 5.10 Å². The van der Waals surface area contributed by atoms with Crippen LogP contribution in [0.25, 0.3) is 0 Å². The van der Waals surface area contributed by atoms with Crippen molar-refractivity contribution in [1.82, 2.24) is 24.9 Å². The molecule has 0 unspecified atom stereocenters. The van der Waals surface area contributed by atoms with Gasteiger partial charge in [-0.25, -0.2) is 0 Å². The zero-order chi connectivity index (χ0) is 21.1. The number of hydrogen-bond donors (Lipinski definition) is 1. The van der Waals surface area contributed by atoms with E-state index in [0.717, 1.165) is 50.0 Å². The molecule has 3 amide bonds. The van der Waals surface area contributed by atoms with Crippen LogP contribution >= 0.6 is 0 Å². The number of rotatable bonds is 5. The number of nitrogens with one attached hydrogen (secondary N) is 1. The van der Waals surface area contributed by atoms with E-state index in [0.29, 0.717) is 25.2 Å². The average Bonchev–Trinajstić information content (AvgIpc) is 3.39. The third-order valence-electron chi connectivity index (χ3n) is 6.73. The highest BCUT2D eigenvalue weighted by Gasteiger charge is 2.31. The normalized spacial score (nSPS) is 19.6. The molecule has 1 saturated heterocycles. The Labute approximate surface area is 178 Å². The standard InChI is InChI=1S/C22H33N5O3/c1-25-18-11-14-27(20(29)10-9-19(28)23-16-7-3-4-8-16)15-17(18)21(24-25)22(30)26-12-5-2-6-13-26/h16H,2-15H2,1H3,(H,23,28). The fraction of sp³-hybridized carbons (Fsp3) is 0.727. The summed E-state index contributed by atoms with van der Waals surface area (Å²) < 4.78 is 1.80. The van der Waals surface area contributed by atoms with E-state index < -0.39 is 0 Å². The Morgan fingerprint density at radius 1 is 0.967 bits per heavy atom. The molecule has 2 fully saturated rings. The fourth-order valence-corrected chi connectivity index (χ4v) is 4.97. The van der Waals surface area contributed by atoms with Crippen LogP contribution in [0.4, 0.5) is 0 Å². The monoisotopic (exact) mass is 415 g/mol. The van der Waals surface area contributed by atoms with Gasteiger partial charge in [0.1, 0.15) is 0 Å². The Hall–Kier alpha value is -2.38. The first-order chi connectivity index (χ1) is 14.5. The van der Waals surface area contributed by atoms with Gasteiger partial charge < -0.3 is 15.1 Å². The molecule has 3 aliphatic rings. The first kappa shape index (κ1) is 20.9. The highest BCUT2D eigenvalue weighted by molar-refractivity contribution is 5.94. The van der Waals surface area contributed by atoms with E-state index in [4.69, 9.17) is 0 Å². The van der Waals surface area contributed by atoms with Crippen molar-refractivity contribution in [2.75, 3.05) is 19.6 Å². The van der Waals surface area contributed by atoms with Gasteiger partial charge in [0.2, 0.25) is 11.8 Å². The molecule has 30 heavy (non-hydrogen) atoms. The van der Waals surface area contributed by atoms with Gasteiger partial charge in [-0.15, -0.1) is 0 Å². The molecule has 8 nitrogen and oxygen atoms in total. The van der Waals surface area contributed by atoms with Crippen molar-refractivity contribution >= 4 is 17.7 Å². The summed E-state index contributed by atoms with van der Waals surface area (Å²) in [6.07, 6.45) is 8.80. The van der Waals surface area contributed by atoms with Crippen LogP contribution in [0.1, 0.15) is 79.5 Å². The minimum absolute atomic E-state index is 0.0169. The molecule has 2 aliphatic heterocycles. The molecule has 8 heteroatoms. The smallest absolute Gasteiger partial charge is 0.274 e. The van der Waals surface area contributed by atoms with Gasteiger partial charge in [0.25, 0.3) is 5.91 Å². The number of carbonyl (C=O) groups is 3.